The second-order valence-corrected chi connectivity index (χ2v) is 6.72. The highest BCUT2D eigenvalue weighted by molar-refractivity contribution is 7.59. The van der Waals surface area contributed by atoms with Crippen LogP contribution in [0.4, 0.5) is 11.4 Å². The summed E-state index contributed by atoms with van der Waals surface area (Å²) in [5.41, 5.74) is 8.41. The molecule has 166 valence electrons. The van der Waals surface area contributed by atoms with Crippen LogP contribution in [0.25, 0.3) is 22.6 Å². The number of hydrogen-bond donors (Lipinski definition) is 4. The first-order valence-corrected chi connectivity index (χ1v) is 9.43. The molecule has 4 aromatic rings. The van der Waals surface area contributed by atoms with Gasteiger partial charge in [0.2, 0.25) is 0 Å². The Hall–Kier alpha value is -3.93. The predicted octanol–water partition coefficient (Wildman–Crippen LogP) is 2.03. The molecule has 0 fully saturated rings. The van der Waals surface area contributed by atoms with Crippen molar-refractivity contribution < 1.29 is 4.74 Å². The van der Waals surface area contributed by atoms with Gasteiger partial charge in [-0.05, 0) is 13.0 Å². The fourth-order valence-electron chi connectivity index (χ4n) is 3.17. The van der Waals surface area contributed by atoms with Crippen LogP contribution in [0.2, 0.25) is 0 Å². The third kappa shape index (κ3) is 4.25. The zero-order valence-corrected chi connectivity index (χ0v) is 18.7. The first-order chi connectivity index (χ1) is 15.0. The Kier molecular flexibility index (Phi) is 6.73. The molecule has 0 saturated heterocycles. The van der Waals surface area contributed by atoms with Crippen molar-refractivity contribution in [1.29, 1.82) is 0 Å². The van der Waals surface area contributed by atoms with Crippen molar-refractivity contribution >= 4 is 42.2 Å². The van der Waals surface area contributed by atoms with Gasteiger partial charge >= 0.3 is 0 Å². The maximum atomic E-state index is 13.1. The van der Waals surface area contributed by atoms with E-state index in [0.29, 0.717) is 45.6 Å². The van der Waals surface area contributed by atoms with E-state index in [-0.39, 0.29) is 30.7 Å². The Bertz CT molecular complexity index is 1320. The van der Waals surface area contributed by atoms with E-state index in [0.717, 1.165) is 0 Å². The smallest absolute Gasteiger partial charge is 0.261 e. The average molecular weight is 454 g/mol. The normalized spacial score (nSPS) is 12.0. The van der Waals surface area contributed by atoms with E-state index in [2.05, 4.69) is 40.2 Å². The monoisotopic (exact) mass is 453 g/mol. The molecule has 1 atom stereocenters. The summed E-state index contributed by atoms with van der Waals surface area (Å²) >= 11 is 0. The molecular formula is C20H23N9O2S. The fourth-order valence-corrected chi connectivity index (χ4v) is 3.17. The molecule has 0 bridgehead atoms. The minimum Gasteiger partial charge on any atom is -0.495 e. The van der Waals surface area contributed by atoms with Crippen LogP contribution in [0.5, 0.6) is 5.75 Å². The summed E-state index contributed by atoms with van der Waals surface area (Å²) in [4.78, 5) is 40.2. The van der Waals surface area contributed by atoms with Crippen molar-refractivity contribution in [3.8, 4) is 17.1 Å². The van der Waals surface area contributed by atoms with Crippen molar-refractivity contribution in [3.05, 3.63) is 52.6 Å². The zero-order valence-electron chi connectivity index (χ0n) is 17.7. The van der Waals surface area contributed by atoms with Crippen LogP contribution >= 0.6 is 13.5 Å². The topological polar surface area (TPSA) is 160 Å². The quantitative estimate of drug-likeness (QED) is 0.323. The van der Waals surface area contributed by atoms with Crippen LogP contribution in [0.1, 0.15) is 24.5 Å². The Labute approximate surface area is 190 Å². The predicted molar refractivity (Wildman–Crippen MR) is 129 cm³/mol. The molecule has 4 heterocycles. The van der Waals surface area contributed by atoms with Gasteiger partial charge in [-0.3, -0.25) is 9.79 Å². The summed E-state index contributed by atoms with van der Waals surface area (Å²) < 4.78 is 5.21. The number of pyridine rings is 2. The summed E-state index contributed by atoms with van der Waals surface area (Å²) in [6.45, 7) is 1.87. The lowest BCUT2D eigenvalue weighted by Gasteiger charge is -2.18. The van der Waals surface area contributed by atoms with Gasteiger partial charge in [-0.1, -0.05) is 0 Å². The standard InChI is InChI=1S/C20H21N9O2.H2S/c1-10(17-23-5-4-6-24-17)26-16-14(20(30)28-13(9-22-2)15(16)21)19-27-12-7-11(31-3)8-25-18(12)29-19;/h4-10H,21H2,1-3H3,(H,25,27,29)(H2,26,28,30);1H2/t10-;/m0./s1. The molecule has 0 spiro atoms. The minimum absolute atomic E-state index is 0. The van der Waals surface area contributed by atoms with E-state index in [1.807, 2.05) is 6.92 Å². The number of aliphatic imine (C=N–C) groups is 1. The molecule has 32 heavy (non-hydrogen) atoms. The number of ether oxygens (including phenoxy) is 1. The Morgan fingerprint density at radius 3 is 2.69 bits per heavy atom. The summed E-state index contributed by atoms with van der Waals surface area (Å²) in [5, 5.41) is 3.26. The maximum absolute atomic E-state index is 13.1. The number of H-pyrrole nitrogens is 2. The highest BCUT2D eigenvalue weighted by Gasteiger charge is 2.22. The molecule has 0 aromatic carbocycles. The van der Waals surface area contributed by atoms with E-state index in [1.54, 1.807) is 44.9 Å². The number of anilines is 2. The highest BCUT2D eigenvalue weighted by atomic mass is 32.1. The number of methoxy groups -OCH3 is 1. The van der Waals surface area contributed by atoms with E-state index < -0.39 is 0 Å². The molecule has 4 rings (SSSR count). The number of aromatic amines is 2. The van der Waals surface area contributed by atoms with Crippen LogP contribution < -0.4 is 21.3 Å². The maximum Gasteiger partial charge on any atom is 0.261 e. The van der Waals surface area contributed by atoms with Crippen molar-refractivity contribution in [2.45, 2.75) is 13.0 Å². The lowest BCUT2D eigenvalue weighted by atomic mass is 10.1. The molecule has 0 saturated carbocycles. The number of nitrogen functional groups attached to an aromatic ring is 1. The molecule has 0 aliphatic carbocycles. The van der Waals surface area contributed by atoms with Crippen LogP contribution in [-0.2, 0) is 0 Å². The van der Waals surface area contributed by atoms with Gasteiger partial charge in [-0.15, -0.1) is 0 Å². The van der Waals surface area contributed by atoms with Gasteiger partial charge in [-0.25, -0.2) is 19.9 Å². The largest absolute Gasteiger partial charge is 0.495 e. The van der Waals surface area contributed by atoms with E-state index in [4.69, 9.17) is 10.5 Å². The van der Waals surface area contributed by atoms with Crippen LogP contribution in [0, 0.1) is 0 Å². The van der Waals surface area contributed by atoms with Gasteiger partial charge in [0.15, 0.2) is 5.65 Å². The molecule has 12 heteroatoms. The minimum atomic E-state index is -0.390. The summed E-state index contributed by atoms with van der Waals surface area (Å²) in [6, 6.07) is 3.15. The number of aromatic nitrogens is 6. The zero-order chi connectivity index (χ0) is 22.0. The molecule has 0 aliphatic heterocycles. The van der Waals surface area contributed by atoms with Gasteiger partial charge in [0.05, 0.1) is 41.9 Å². The number of rotatable bonds is 6. The number of hydrogen-bond acceptors (Lipinski definition) is 9. The fraction of sp³-hybridized carbons (Fsp3) is 0.200. The lowest BCUT2D eigenvalue weighted by Crippen LogP contribution is -2.21. The first kappa shape index (κ1) is 22.7. The Balaban J connectivity index is 0.00000289. The van der Waals surface area contributed by atoms with Crippen LogP contribution in [0.3, 0.4) is 0 Å². The number of nitrogens with zero attached hydrogens (tertiary/aromatic N) is 5. The van der Waals surface area contributed by atoms with Crippen molar-refractivity contribution in [3.63, 3.8) is 0 Å². The average Bonchev–Trinajstić information content (AvgIpc) is 3.20. The summed E-state index contributed by atoms with van der Waals surface area (Å²) in [5.74, 6) is 1.43. The van der Waals surface area contributed by atoms with Crippen LogP contribution in [-0.4, -0.2) is 50.3 Å². The molecule has 0 amide bonds. The van der Waals surface area contributed by atoms with Crippen molar-refractivity contribution in [1.82, 2.24) is 29.9 Å². The number of nitrogens with two attached hydrogens (primary N) is 1. The van der Waals surface area contributed by atoms with Gasteiger partial charge in [0, 0.05) is 31.7 Å². The third-order valence-electron chi connectivity index (χ3n) is 4.66. The van der Waals surface area contributed by atoms with Gasteiger partial charge < -0.3 is 25.8 Å². The SMILES string of the molecule is CN=Cc1[nH]c(=O)c(-c2nc3ncc(OC)cc3[nH]2)c(N[C@@H](C)c2ncccn2)c1N.S. The number of imidazole rings is 1. The van der Waals surface area contributed by atoms with Gasteiger partial charge in [0.25, 0.3) is 5.56 Å². The molecule has 0 unspecified atom stereocenters. The van der Waals surface area contributed by atoms with Crippen LogP contribution in [0.15, 0.2) is 40.5 Å². The van der Waals surface area contributed by atoms with Gasteiger partial charge in [-0.2, -0.15) is 13.5 Å². The van der Waals surface area contributed by atoms with E-state index >= 15 is 0 Å². The van der Waals surface area contributed by atoms with Crippen molar-refractivity contribution in [2.75, 3.05) is 25.2 Å². The third-order valence-corrected chi connectivity index (χ3v) is 4.66. The molecule has 4 aromatic heterocycles. The molecule has 0 radical (unpaired) electrons. The summed E-state index contributed by atoms with van der Waals surface area (Å²) in [7, 11) is 3.14. The second-order valence-electron chi connectivity index (χ2n) is 6.72. The Morgan fingerprint density at radius 1 is 1.25 bits per heavy atom. The number of fused-ring (bicyclic) bond motifs is 1. The second kappa shape index (κ2) is 9.47. The van der Waals surface area contributed by atoms with E-state index in [9.17, 15) is 4.79 Å². The highest BCUT2D eigenvalue weighted by Crippen LogP contribution is 2.33. The Morgan fingerprint density at radius 2 is 2.00 bits per heavy atom. The summed E-state index contributed by atoms with van der Waals surface area (Å²) in [6.07, 6.45) is 6.34. The number of nitrogens with one attached hydrogen (secondary N) is 3. The van der Waals surface area contributed by atoms with Gasteiger partial charge in [0.1, 0.15) is 23.0 Å². The lowest BCUT2D eigenvalue weighted by molar-refractivity contribution is 0.413. The molecule has 0 aliphatic rings. The molecular weight excluding hydrogens is 430 g/mol. The molecule has 11 nitrogen and oxygen atoms in total. The first-order valence-electron chi connectivity index (χ1n) is 9.43. The van der Waals surface area contributed by atoms with E-state index in [1.165, 1.54) is 6.21 Å². The molecule has 5 N–H and O–H groups in total. The van der Waals surface area contributed by atoms with Crippen molar-refractivity contribution in [2.24, 2.45) is 4.99 Å².